The van der Waals surface area contributed by atoms with Crippen LogP contribution in [-0.2, 0) is 4.74 Å². The van der Waals surface area contributed by atoms with Crippen molar-refractivity contribution in [1.82, 2.24) is 4.98 Å². The molecule has 16 heavy (non-hydrogen) atoms. The molecule has 7 heteroatoms. The van der Waals surface area contributed by atoms with E-state index in [0.717, 1.165) is 0 Å². The molecule has 0 aromatic carbocycles. The summed E-state index contributed by atoms with van der Waals surface area (Å²) in [5, 5.41) is 0. The van der Waals surface area contributed by atoms with E-state index in [1.54, 1.807) is 0 Å². The summed E-state index contributed by atoms with van der Waals surface area (Å²) < 4.78 is 42.6. The van der Waals surface area contributed by atoms with Crippen molar-refractivity contribution in [3.8, 4) is 0 Å². The zero-order valence-electron chi connectivity index (χ0n) is 8.34. The first-order chi connectivity index (χ1) is 7.47. The first kappa shape index (κ1) is 12.3. The first-order valence-corrected chi connectivity index (χ1v) is 4.38. The van der Waals surface area contributed by atoms with Crippen LogP contribution in [0.15, 0.2) is 6.07 Å². The van der Waals surface area contributed by atoms with E-state index in [9.17, 15) is 18.0 Å². The van der Waals surface area contributed by atoms with Gasteiger partial charge in [0, 0.05) is 6.07 Å². The van der Waals surface area contributed by atoms with Crippen LogP contribution in [0.4, 0.5) is 19.0 Å². The van der Waals surface area contributed by atoms with Gasteiger partial charge in [-0.1, -0.05) is 0 Å². The second-order valence-electron chi connectivity index (χ2n) is 2.81. The standard InChI is InChI=1S/C9H9F3N2O2/c1-2-16-9(15)7-6(8(11)12)4(10)3-5(13)14-7/h3,8H,2H2,1H3,(H2,13,14). The van der Waals surface area contributed by atoms with Crippen LogP contribution in [0, 0.1) is 5.82 Å². The predicted octanol–water partition coefficient (Wildman–Crippen LogP) is 1.92. The van der Waals surface area contributed by atoms with Crippen LogP contribution >= 0.6 is 0 Å². The number of halogens is 3. The molecule has 0 spiro atoms. The third kappa shape index (κ3) is 2.41. The molecule has 0 aliphatic heterocycles. The van der Waals surface area contributed by atoms with Crippen molar-refractivity contribution >= 4 is 11.8 Å². The fourth-order valence-electron chi connectivity index (χ4n) is 1.10. The molecule has 4 nitrogen and oxygen atoms in total. The molecule has 1 heterocycles. The Kier molecular flexibility index (Phi) is 3.70. The molecular weight excluding hydrogens is 225 g/mol. The minimum Gasteiger partial charge on any atom is -0.461 e. The lowest BCUT2D eigenvalue weighted by atomic mass is 10.2. The van der Waals surface area contributed by atoms with Crippen molar-refractivity contribution in [2.24, 2.45) is 0 Å². The van der Waals surface area contributed by atoms with E-state index in [4.69, 9.17) is 5.73 Å². The van der Waals surface area contributed by atoms with Crippen molar-refractivity contribution in [3.05, 3.63) is 23.1 Å². The highest BCUT2D eigenvalue weighted by Gasteiger charge is 2.25. The topological polar surface area (TPSA) is 65.2 Å². The van der Waals surface area contributed by atoms with Gasteiger partial charge in [-0.15, -0.1) is 0 Å². The van der Waals surface area contributed by atoms with E-state index >= 15 is 0 Å². The molecule has 0 radical (unpaired) electrons. The van der Waals surface area contributed by atoms with Gasteiger partial charge in [0.2, 0.25) is 0 Å². The number of nitrogen functional groups attached to an aromatic ring is 1. The van der Waals surface area contributed by atoms with Crippen LogP contribution in [0.25, 0.3) is 0 Å². The first-order valence-electron chi connectivity index (χ1n) is 4.38. The fourth-order valence-corrected chi connectivity index (χ4v) is 1.10. The Morgan fingerprint density at radius 3 is 2.75 bits per heavy atom. The second kappa shape index (κ2) is 4.82. The fraction of sp³-hybridized carbons (Fsp3) is 0.333. The highest BCUT2D eigenvalue weighted by atomic mass is 19.3. The lowest BCUT2D eigenvalue weighted by molar-refractivity contribution is 0.0505. The van der Waals surface area contributed by atoms with E-state index in [1.807, 2.05) is 0 Å². The lowest BCUT2D eigenvalue weighted by Crippen LogP contribution is -2.14. The van der Waals surface area contributed by atoms with E-state index in [-0.39, 0.29) is 12.4 Å². The highest BCUT2D eigenvalue weighted by molar-refractivity contribution is 5.89. The zero-order valence-corrected chi connectivity index (χ0v) is 8.34. The number of hydrogen-bond acceptors (Lipinski definition) is 4. The summed E-state index contributed by atoms with van der Waals surface area (Å²) >= 11 is 0. The van der Waals surface area contributed by atoms with E-state index < -0.39 is 29.5 Å². The number of aromatic nitrogens is 1. The average molecular weight is 234 g/mol. The van der Waals surface area contributed by atoms with Crippen molar-refractivity contribution < 1.29 is 22.7 Å². The van der Waals surface area contributed by atoms with Gasteiger partial charge in [-0.3, -0.25) is 0 Å². The Morgan fingerprint density at radius 2 is 2.25 bits per heavy atom. The number of ether oxygens (including phenoxy) is 1. The molecule has 0 atom stereocenters. The maximum Gasteiger partial charge on any atom is 0.357 e. The number of anilines is 1. The quantitative estimate of drug-likeness (QED) is 0.811. The number of pyridine rings is 1. The molecule has 0 unspecified atom stereocenters. The number of carbonyl (C=O) groups excluding carboxylic acids is 1. The number of esters is 1. The SMILES string of the molecule is CCOC(=O)c1nc(N)cc(F)c1C(F)F. The molecule has 1 rings (SSSR count). The van der Waals surface area contributed by atoms with Crippen molar-refractivity contribution in [3.63, 3.8) is 0 Å². The monoisotopic (exact) mass is 234 g/mol. The number of rotatable bonds is 3. The molecule has 0 aliphatic carbocycles. The number of carbonyl (C=O) groups is 1. The molecule has 1 aromatic rings. The zero-order chi connectivity index (χ0) is 12.3. The van der Waals surface area contributed by atoms with Crippen LogP contribution in [0.5, 0.6) is 0 Å². The van der Waals surface area contributed by atoms with Crippen LogP contribution in [0.1, 0.15) is 29.4 Å². The molecule has 0 bridgehead atoms. The third-order valence-corrected chi connectivity index (χ3v) is 1.71. The number of nitrogens with two attached hydrogens (primary N) is 1. The molecule has 0 saturated heterocycles. The van der Waals surface area contributed by atoms with Crippen LogP contribution in [-0.4, -0.2) is 17.6 Å². The maximum atomic E-state index is 13.2. The maximum absolute atomic E-state index is 13.2. The normalized spacial score (nSPS) is 10.6. The summed E-state index contributed by atoms with van der Waals surface area (Å²) in [7, 11) is 0. The van der Waals surface area contributed by atoms with Gasteiger partial charge in [0.05, 0.1) is 12.2 Å². The van der Waals surface area contributed by atoms with Gasteiger partial charge < -0.3 is 10.5 Å². The van der Waals surface area contributed by atoms with Gasteiger partial charge in [-0.05, 0) is 6.92 Å². The Labute approximate surface area is 89.2 Å². The number of alkyl halides is 2. The summed E-state index contributed by atoms with van der Waals surface area (Å²) in [6.07, 6.45) is -3.16. The van der Waals surface area contributed by atoms with Gasteiger partial charge in [0.1, 0.15) is 11.6 Å². The summed E-state index contributed by atoms with van der Waals surface area (Å²) in [6.45, 7) is 1.46. The molecule has 0 amide bonds. The van der Waals surface area contributed by atoms with Gasteiger partial charge in [-0.2, -0.15) is 0 Å². The van der Waals surface area contributed by atoms with E-state index in [0.29, 0.717) is 6.07 Å². The van der Waals surface area contributed by atoms with Gasteiger partial charge in [0.25, 0.3) is 6.43 Å². The highest BCUT2D eigenvalue weighted by Crippen LogP contribution is 2.26. The summed E-state index contributed by atoms with van der Waals surface area (Å²) in [6, 6.07) is 0.629. The molecule has 1 aromatic heterocycles. The van der Waals surface area contributed by atoms with Gasteiger partial charge >= 0.3 is 5.97 Å². The van der Waals surface area contributed by atoms with Crippen LogP contribution < -0.4 is 5.73 Å². The van der Waals surface area contributed by atoms with Crippen molar-refractivity contribution in [1.29, 1.82) is 0 Å². The van der Waals surface area contributed by atoms with E-state index in [1.165, 1.54) is 6.92 Å². The molecule has 0 fully saturated rings. The van der Waals surface area contributed by atoms with Gasteiger partial charge in [0.15, 0.2) is 5.69 Å². The summed E-state index contributed by atoms with van der Waals surface area (Å²) in [5.41, 5.74) is 3.29. The van der Waals surface area contributed by atoms with Crippen LogP contribution in [0.2, 0.25) is 0 Å². The minimum absolute atomic E-state index is 0.0282. The minimum atomic E-state index is -3.16. The number of hydrogen-bond donors (Lipinski definition) is 1. The van der Waals surface area contributed by atoms with Crippen molar-refractivity contribution in [2.75, 3.05) is 12.3 Å². The Hall–Kier alpha value is -1.79. The smallest absolute Gasteiger partial charge is 0.357 e. The lowest BCUT2D eigenvalue weighted by Gasteiger charge is -2.08. The molecule has 0 aliphatic rings. The van der Waals surface area contributed by atoms with Crippen LogP contribution in [0.3, 0.4) is 0 Å². The average Bonchev–Trinajstić information content (AvgIpc) is 2.15. The molecular formula is C9H9F3N2O2. The summed E-state index contributed by atoms with van der Waals surface area (Å²) in [5.74, 6) is -2.75. The molecule has 2 N–H and O–H groups in total. The summed E-state index contributed by atoms with van der Waals surface area (Å²) in [4.78, 5) is 14.6. The van der Waals surface area contributed by atoms with Gasteiger partial charge in [-0.25, -0.2) is 22.9 Å². The Morgan fingerprint density at radius 1 is 1.62 bits per heavy atom. The molecule has 0 saturated carbocycles. The Bertz CT molecular complexity index is 410. The number of nitrogens with zero attached hydrogens (tertiary/aromatic N) is 1. The largest absolute Gasteiger partial charge is 0.461 e. The van der Waals surface area contributed by atoms with Crippen molar-refractivity contribution in [2.45, 2.75) is 13.3 Å². The second-order valence-corrected chi connectivity index (χ2v) is 2.81. The Balaban J connectivity index is 3.29. The third-order valence-electron chi connectivity index (χ3n) is 1.71. The predicted molar refractivity (Wildman–Crippen MR) is 49.5 cm³/mol. The van der Waals surface area contributed by atoms with E-state index in [2.05, 4.69) is 9.72 Å². The molecule has 88 valence electrons.